The minimum absolute atomic E-state index is 0.0264. The quantitative estimate of drug-likeness (QED) is 0.770. The molecule has 0 aromatic carbocycles. The Morgan fingerprint density at radius 1 is 1.53 bits per heavy atom. The van der Waals surface area contributed by atoms with Crippen LogP contribution in [0.3, 0.4) is 0 Å². The Bertz CT molecular complexity index is 731. The fraction of sp³-hybridized carbons (Fsp3) is 0.154. The van der Waals surface area contributed by atoms with Gasteiger partial charge in [0, 0.05) is 35.1 Å². The van der Waals surface area contributed by atoms with Crippen LogP contribution >= 0.6 is 11.3 Å². The van der Waals surface area contributed by atoms with Crippen molar-refractivity contribution in [2.24, 2.45) is 0 Å². The lowest BCUT2D eigenvalue weighted by Crippen LogP contribution is -2.08. The lowest BCUT2D eigenvalue weighted by Gasteiger charge is -1.96. The lowest BCUT2D eigenvalue weighted by molar-refractivity contribution is -0.115. The number of rotatable bonds is 3. The molecule has 0 atom stereocenters. The maximum absolute atomic E-state index is 11.3. The Labute approximate surface area is 113 Å². The first-order valence-corrected chi connectivity index (χ1v) is 6.83. The molecule has 3 aromatic rings. The number of hydrogen-bond donors (Lipinski definition) is 2. The molecular formula is C13H12N4OS. The molecule has 5 nitrogen and oxygen atoms in total. The molecule has 0 unspecified atom stereocenters. The van der Waals surface area contributed by atoms with Crippen molar-refractivity contribution in [3.8, 4) is 11.3 Å². The van der Waals surface area contributed by atoms with E-state index in [1.807, 2.05) is 30.6 Å². The lowest BCUT2D eigenvalue weighted by atomic mass is 10.2. The van der Waals surface area contributed by atoms with Crippen LogP contribution in [0.4, 0.5) is 5.13 Å². The summed E-state index contributed by atoms with van der Waals surface area (Å²) in [6, 6.07) is 3.89. The summed E-state index contributed by atoms with van der Waals surface area (Å²) < 4.78 is 0. The number of amides is 1. The van der Waals surface area contributed by atoms with Gasteiger partial charge < -0.3 is 10.3 Å². The second-order valence-corrected chi connectivity index (χ2v) is 4.90. The maximum Gasteiger partial charge on any atom is 0.225 e. The summed E-state index contributed by atoms with van der Waals surface area (Å²) in [4.78, 5) is 23.1. The van der Waals surface area contributed by atoms with Gasteiger partial charge in [0.25, 0.3) is 0 Å². The summed E-state index contributed by atoms with van der Waals surface area (Å²) in [6.45, 7) is 1.81. The summed E-state index contributed by atoms with van der Waals surface area (Å²) >= 11 is 1.42. The molecule has 19 heavy (non-hydrogen) atoms. The van der Waals surface area contributed by atoms with Crippen LogP contribution in [-0.2, 0) is 4.79 Å². The van der Waals surface area contributed by atoms with Crippen molar-refractivity contribution < 1.29 is 4.79 Å². The number of anilines is 1. The summed E-state index contributed by atoms with van der Waals surface area (Å²) in [5.41, 5.74) is 2.68. The van der Waals surface area contributed by atoms with Gasteiger partial charge in [-0.3, -0.25) is 4.79 Å². The standard InChI is InChI=1S/C13H12N4OS/c1-2-11(18)17-13-16-10(7-19-13)9-6-15-12-8(9)4-3-5-14-12/h3-7H,2H2,1H3,(H,14,15)(H,16,17,18). The number of nitrogens with zero attached hydrogens (tertiary/aromatic N) is 2. The number of nitrogens with one attached hydrogen (secondary N) is 2. The summed E-state index contributed by atoms with van der Waals surface area (Å²) in [6.07, 6.45) is 4.08. The predicted molar refractivity (Wildman–Crippen MR) is 76.1 cm³/mol. The highest BCUT2D eigenvalue weighted by Crippen LogP contribution is 2.30. The van der Waals surface area contributed by atoms with E-state index in [0.717, 1.165) is 22.3 Å². The van der Waals surface area contributed by atoms with Gasteiger partial charge in [-0.25, -0.2) is 9.97 Å². The minimum atomic E-state index is -0.0264. The van der Waals surface area contributed by atoms with Crippen LogP contribution < -0.4 is 5.32 Å². The molecule has 2 N–H and O–H groups in total. The first-order chi connectivity index (χ1) is 9.28. The van der Waals surface area contributed by atoms with Crippen molar-refractivity contribution in [3.05, 3.63) is 29.9 Å². The number of aromatic nitrogens is 3. The number of pyridine rings is 1. The van der Waals surface area contributed by atoms with Crippen molar-refractivity contribution in [1.29, 1.82) is 0 Å². The molecule has 96 valence electrons. The fourth-order valence-corrected chi connectivity index (χ4v) is 2.56. The second kappa shape index (κ2) is 4.81. The number of carbonyl (C=O) groups excluding carboxylic acids is 1. The van der Waals surface area contributed by atoms with Crippen LogP contribution in [0.25, 0.3) is 22.3 Å². The largest absolute Gasteiger partial charge is 0.345 e. The molecule has 3 rings (SSSR count). The smallest absolute Gasteiger partial charge is 0.225 e. The first-order valence-electron chi connectivity index (χ1n) is 5.95. The number of aromatic amines is 1. The number of H-pyrrole nitrogens is 1. The van der Waals surface area contributed by atoms with E-state index in [-0.39, 0.29) is 5.91 Å². The molecule has 0 radical (unpaired) electrons. The van der Waals surface area contributed by atoms with Crippen LogP contribution in [0, 0.1) is 0 Å². The normalized spacial score (nSPS) is 10.8. The summed E-state index contributed by atoms with van der Waals surface area (Å²) in [7, 11) is 0. The highest BCUT2D eigenvalue weighted by Gasteiger charge is 2.11. The van der Waals surface area contributed by atoms with Crippen LogP contribution in [-0.4, -0.2) is 20.9 Å². The van der Waals surface area contributed by atoms with E-state index in [9.17, 15) is 4.79 Å². The third-order valence-corrected chi connectivity index (χ3v) is 3.56. The molecule has 3 aromatic heterocycles. The summed E-state index contributed by atoms with van der Waals surface area (Å²) in [5.74, 6) is -0.0264. The second-order valence-electron chi connectivity index (χ2n) is 4.04. The fourth-order valence-electron chi connectivity index (χ4n) is 1.83. The summed E-state index contributed by atoms with van der Waals surface area (Å²) in [5, 5.41) is 6.35. The molecular weight excluding hydrogens is 260 g/mol. The molecule has 0 spiro atoms. The molecule has 0 bridgehead atoms. The number of fused-ring (bicyclic) bond motifs is 1. The van der Waals surface area contributed by atoms with Gasteiger partial charge in [0.15, 0.2) is 5.13 Å². The van der Waals surface area contributed by atoms with Crippen LogP contribution in [0.5, 0.6) is 0 Å². The van der Waals surface area contributed by atoms with E-state index >= 15 is 0 Å². The van der Waals surface area contributed by atoms with E-state index in [1.165, 1.54) is 11.3 Å². The molecule has 0 fully saturated rings. The van der Waals surface area contributed by atoms with Crippen molar-refractivity contribution >= 4 is 33.4 Å². The maximum atomic E-state index is 11.3. The van der Waals surface area contributed by atoms with Crippen molar-refractivity contribution in [2.45, 2.75) is 13.3 Å². The SMILES string of the molecule is CCC(=O)Nc1nc(-c2c[nH]c3ncccc23)cs1. The number of thiazole rings is 1. The van der Waals surface area contributed by atoms with Crippen molar-refractivity contribution in [2.75, 3.05) is 5.32 Å². The van der Waals surface area contributed by atoms with Crippen LogP contribution in [0.2, 0.25) is 0 Å². The van der Waals surface area contributed by atoms with E-state index in [1.54, 1.807) is 6.20 Å². The van der Waals surface area contributed by atoms with E-state index < -0.39 is 0 Å². The topological polar surface area (TPSA) is 70.7 Å². The van der Waals surface area contributed by atoms with Gasteiger partial charge >= 0.3 is 0 Å². The molecule has 3 heterocycles. The third kappa shape index (κ3) is 2.22. The molecule has 0 aliphatic rings. The zero-order valence-electron chi connectivity index (χ0n) is 10.3. The average Bonchev–Trinajstić information content (AvgIpc) is 3.04. The minimum Gasteiger partial charge on any atom is -0.345 e. The monoisotopic (exact) mass is 272 g/mol. The van der Waals surface area contributed by atoms with Gasteiger partial charge in [0.1, 0.15) is 5.65 Å². The first kappa shape index (κ1) is 11.9. The van der Waals surface area contributed by atoms with Crippen molar-refractivity contribution in [1.82, 2.24) is 15.0 Å². The number of carbonyl (C=O) groups is 1. The van der Waals surface area contributed by atoms with Gasteiger partial charge in [-0.15, -0.1) is 11.3 Å². The average molecular weight is 272 g/mol. The molecule has 1 amide bonds. The molecule has 0 aliphatic carbocycles. The van der Waals surface area contributed by atoms with Gasteiger partial charge in [-0.2, -0.15) is 0 Å². The number of hydrogen-bond acceptors (Lipinski definition) is 4. The molecule has 0 aliphatic heterocycles. The van der Waals surface area contributed by atoms with E-state index in [0.29, 0.717) is 11.6 Å². The molecule has 0 saturated carbocycles. The van der Waals surface area contributed by atoms with Gasteiger partial charge in [-0.1, -0.05) is 6.92 Å². The van der Waals surface area contributed by atoms with Gasteiger partial charge in [-0.05, 0) is 12.1 Å². The Kier molecular flexibility index (Phi) is 3.00. The predicted octanol–water partition coefficient (Wildman–Crippen LogP) is 3.03. The van der Waals surface area contributed by atoms with Crippen LogP contribution in [0.15, 0.2) is 29.9 Å². The Morgan fingerprint density at radius 3 is 3.26 bits per heavy atom. The highest BCUT2D eigenvalue weighted by molar-refractivity contribution is 7.14. The zero-order chi connectivity index (χ0) is 13.2. The van der Waals surface area contributed by atoms with E-state index in [2.05, 4.69) is 20.3 Å². The Morgan fingerprint density at radius 2 is 2.42 bits per heavy atom. The molecule has 0 saturated heterocycles. The third-order valence-electron chi connectivity index (χ3n) is 2.80. The van der Waals surface area contributed by atoms with Crippen molar-refractivity contribution in [3.63, 3.8) is 0 Å². The van der Waals surface area contributed by atoms with Crippen LogP contribution in [0.1, 0.15) is 13.3 Å². The molecule has 6 heteroatoms. The zero-order valence-corrected chi connectivity index (χ0v) is 11.1. The Hall–Kier alpha value is -2.21. The van der Waals surface area contributed by atoms with E-state index in [4.69, 9.17) is 0 Å². The Balaban J connectivity index is 1.96. The van der Waals surface area contributed by atoms with Gasteiger partial charge in [0.05, 0.1) is 5.69 Å². The van der Waals surface area contributed by atoms with Gasteiger partial charge in [0.2, 0.25) is 5.91 Å². The highest BCUT2D eigenvalue weighted by atomic mass is 32.1.